The van der Waals surface area contributed by atoms with E-state index in [0.717, 1.165) is 37.2 Å². The third kappa shape index (κ3) is 2.52. The summed E-state index contributed by atoms with van der Waals surface area (Å²) >= 11 is 5.20. The van der Waals surface area contributed by atoms with Gasteiger partial charge in [-0.05, 0) is 50.7 Å². The van der Waals surface area contributed by atoms with Crippen LogP contribution in [0.3, 0.4) is 0 Å². The van der Waals surface area contributed by atoms with Gasteiger partial charge in [0.25, 0.3) is 0 Å². The van der Waals surface area contributed by atoms with Crippen LogP contribution in [0.4, 0.5) is 5.82 Å². The van der Waals surface area contributed by atoms with E-state index in [9.17, 15) is 5.11 Å². The van der Waals surface area contributed by atoms with Gasteiger partial charge in [0.2, 0.25) is 0 Å². The summed E-state index contributed by atoms with van der Waals surface area (Å²) in [5.74, 6) is 0.857. The van der Waals surface area contributed by atoms with Gasteiger partial charge in [-0.1, -0.05) is 12.2 Å². The van der Waals surface area contributed by atoms with Crippen molar-refractivity contribution in [1.82, 2.24) is 4.98 Å². The molecule has 2 heterocycles. The molecule has 0 radical (unpaired) electrons. The number of aliphatic hydroxyl groups is 1. The van der Waals surface area contributed by atoms with E-state index in [1.165, 1.54) is 24.1 Å². The number of fused-ring (bicyclic) bond motifs is 1. The maximum absolute atomic E-state index is 10.2. The van der Waals surface area contributed by atoms with Crippen molar-refractivity contribution in [1.29, 1.82) is 0 Å². The lowest BCUT2D eigenvalue weighted by Crippen LogP contribution is -2.32. The largest absolute Gasteiger partial charge is 0.389 e. The zero-order valence-corrected chi connectivity index (χ0v) is 12.7. The molecule has 4 nitrogen and oxygen atoms in total. The van der Waals surface area contributed by atoms with Gasteiger partial charge in [0.1, 0.15) is 10.8 Å². The number of aryl methyl sites for hydroxylation is 2. The molecule has 0 amide bonds. The highest BCUT2D eigenvalue weighted by Gasteiger charge is 2.33. The van der Waals surface area contributed by atoms with Gasteiger partial charge >= 0.3 is 0 Å². The summed E-state index contributed by atoms with van der Waals surface area (Å²) < 4.78 is 0. The molecule has 0 saturated carbocycles. The molecule has 1 atom stereocenters. The number of aromatic nitrogens is 1. The molecule has 1 aromatic heterocycles. The highest BCUT2D eigenvalue weighted by molar-refractivity contribution is 7.80. The number of β-amino-alcohol motifs (C(OH)–C–C–N with tert-alkyl or cyclic N) is 1. The van der Waals surface area contributed by atoms with Gasteiger partial charge in [0, 0.05) is 18.8 Å². The van der Waals surface area contributed by atoms with Crippen molar-refractivity contribution in [2.45, 2.75) is 44.6 Å². The van der Waals surface area contributed by atoms with Crippen LogP contribution in [0.15, 0.2) is 6.07 Å². The smallest absolute Gasteiger partial charge is 0.139 e. The van der Waals surface area contributed by atoms with E-state index >= 15 is 0 Å². The zero-order valence-electron chi connectivity index (χ0n) is 11.9. The minimum Gasteiger partial charge on any atom is -0.389 e. The monoisotopic (exact) mass is 291 g/mol. The molecule has 5 heteroatoms. The summed E-state index contributed by atoms with van der Waals surface area (Å²) in [5, 5.41) is 10.2. The van der Waals surface area contributed by atoms with Crippen LogP contribution in [0, 0.1) is 0 Å². The molecule has 3 N–H and O–H groups in total. The van der Waals surface area contributed by atoms with E-state index in [2.05, 4.69) is 11.0 Å². The van der Waals surface area contributed by atoms with Crippen molar-refractivity contribution in [3.63, 3.8) is 0 Å². The van der Waals surface area contributed by atoms with Crippen LogP contribution in [0.2, 0.25) is 0 Å². The van der Waals surface area contributed by atoms with E-state index in [0.29, 0.717) is 11.5 Å². The summed E-state index contributed by atoms with van der Waals surface area (Å²) in [6, 6.07) is 2.12. The summed E-state index contributed by atoms with van der Waals surface area (Å²) in [6.07, 6.45) is 5.26. The van der Waals surface area contributed by atoms with E-state index < -0.39 is 5.60 Å². The molecule has 1 fully saturated rings. The van der Waals surface area contributed by atoms with Crippen LogP contribution in [-0.4, -0.2) is 33.8 Å². The lowest BCUT2D eigenvalue weighted by atomic mass is 9.94. The van der Waals surface area contributed by atoms with Crippen molar-refractivity contribution in [2.24, 2.45) is 5.73 Å². The molecular weight excluding hydrogens is 270 g/mol. The minimum atomic E-state index is -0.648. The van der Waals surface area contributed by atoms with Crippen molar-refractivity contribution >= 4 is 23.0 Å². The van der Waals surface area contributed by atoms with Gasteiger partial charge in [-0.3, -0.25) is 0 Å². The topological polar surface area (TPSA) is 62.4 Å². The number of nitrogens with two attached hydrogens (primary N) is 1. The van der Waals surface area contributed by atoms with E-state index in [4.69, 9.17) is 22.9 Å². The van der Waals surface area contributed by atoms with Gasteiger partial charge in [0.15, 0.2) is 0 Å². The van der Waals surface area contributed by atoms with E-state index in [1.54, 1.807) is 0 Å². The summed E-state index contributed by atoms with van der Waals surface area (Å²) in [4.78, 5) is 7.34. The molecule has 1 aliphatic carbocycles. The predicted octanol–water partition coefficient (Wildman–Crippen LogP) is 1.56. The van der Waals surface area contributed by atoms with Crippen LogP contribution in [0.25, 0.3) is 0 Å². The first-order valence-electron chi connectivity index (χ1n) is 7.26. The minimum absolute atomic E-state index is 0.396. The Bertz CT molecular complexity index is 556. The molecule has 0 spiro atoms. The molecule has 0 aromatic carbocycles. The van der Waals surface area contributed by atoms with Gasteiger partial charge in [-0.2, -0.15) is 0 Å². The Morgan fingerprint density at radius 1 is 1.45 bits per heavy atom. The second kappa shape index (κ2) is 4.97. The maximum Gasteiger partial charge on any atom is 0.139 e. The summed E-state index contributed by atoms with van der Waals surface area (Å²) in [7, 11) is 0. The van der Waals surface area contributed by atoms with Crippen molar-refractivity contribution < 1.29 is 5.11 Å². The molecule has 1 aliphatic heterocycles. The van der Waals surface area contributed by atoms with E-state index in [-0.39, 0.29) is 0 Å². The predicted molar refractivity (Wildman–Crippen MR) is 84.2 cm³/mol. The number of pyridine rings is 1. The Kier molecular flexibility index (Phi) is 3.42. The zero-order chi connectivity index (χ0) is 14.3. The quantitative estimate of drug-likeness (QED) is 0.810. The Balaban J connectivity index is 2.02. The lowest BCUT2D eigenvalue weighted by molar-refractivity contribution is 0.0839. The van der Waals surface area contributed by atoms with Crippen LogP contribution in [0.5, 0.6) is 0 Å². The molecule has 108 valence electrons. The van der Waals surface area contributed by atoms with Crippen LogP contribution >= 0.6 is 12.2 Å². The Labute approximate surface area is 125 Å². The molecule has 1 aromatic rings. The van der Waals surface area contributed by atoms with Crippen LogP contribution in [0.1, 0.15) is 43.0 Å². The van der Waals surface area contributed by atoms with Crippen molar-refractivity contribution in [3.8, 4) is 0 Å². The molecular formula is C15H21N3OS. The number of hydrogen-bond donors (Lipinski definition) is 2. The second-order valence-electron chi connectivity index (χ2n) is 6.21. The van der Waals surface area contributed by atoms with Gasteiger partial charge in [-0.15, -0.1) is 0 Å². The van der Waals surface area contributed by atoms with Gasteiger partial charge in [-0.25, -0.2) is 4.98 Å². The number of nitrogens with zero attached hydrogens (tertiary/aromatic N) is 2. The fraction of sp³-hybridized carbons (Fsp3) is 0.600. The highest BCUT2D eigenvalue weighted by atomic mass is 32.1. The number of hydrogen-bond acceptors (Lipinski definition) is 4. The van der Waals surface area contributed by atoms with Gasteiger partial charge in [0.05, 0.1) is 11.2 Å². The van der Waals surface area contributed by atoms with Crippen LogP contribution in [-0.2, 0) is 12.8 Å². The van der Waals surface area contributed by atoms with Gasteiger partial charge < -0.3 is 15.7 Å². The second-order valence-corrected chi connectivity index (χ2v) is 6.65. The normalized spacial score (nSPS) is 25.6. The first-order valence-corrected chi connectivity index (χ1v) is 7.67. The maximum atomic E-state index is 10.2. The fourth-order valence-electron chi connectivity index (χ4n) is 3.17. The SMILES string of the molecule is CC1(O)CCN(c2nc3c(cc2C(N)=S)CCCC3)C1. The van der Waals surface area contributed by atoms with Crippen molar-refractivity contribution in [2.75, 3.05) is 18.0 Å². The first-order chi connectivity index (χ1) is 9.46. The molecule has 20 heavy (non-hydrogen) atoms. The molecule has 1 saturated heterocycles. The molecule has 0 bridgehead atoms. The Morgan fingerprint density at radius 3 is 2.85 bits per heavy atom. The average molecular weight is 291 g/mol. The van der Waals surface area contributed by atoms with E-state index in [1.807, 2.05) is 6.92 Å². The first kappa shape index (κ1) is 13.8. The lowest BCUT2D eigenvalue weighted by Gasteiger charge is -2.25. The third-order valence-corrected chi connectivity index (χ3v) is 4.52. The third-order valence-electron chi connectivity index (χ3n) is 4.30. The standard InChI is InChI=1S/C15H21N3OS/c1-15(19)6-7-18(9-15)14-11(13(16)20)8-10-4-2-3-5-12(10)17-14/h8,19H,2-7,9H2,1H3,(H2,16,20). The number of anilines is 1. The molecule has 2 aliphatic rings. The average Bonchev–Trinajstić information content (AvgIpc) is 2.77. The summed E-state index contributed by atoms with van der Waals surface area (Å²) in [6.45, 7) is 3.26. The Morgan fingerprint density at radius 2 is 2.20 bits per heavy atom. The molecule has 3 rings (SSSR count). The summed E-state index contributed by atoms with van der Waals surface area (Å²) in [5.41, 5.74) is 8.56. The van der Waals surface area contributed by atoms with Crippen LogP contribution < -0.4 is 10.6 Å². The van der Waals surface area contributed by atoms with Crippen molar-refractivity contribution in [3.05, 3.63) is 22.9 Å². The molecule has 1 unspecified atom stereocenters. The number of rotatable bonds is 2. The number of thiocarbonyl (C=S) groups is 1. The highest BCUT2D eigenvalue weighted by Crippen LogP contribution is 2.31. The fourth-order valence-corrected chi connectivity index (χ4v) is 3.32. The Hall–Kier alpha value is -1.20.